The molecule has 0 radical (unpaired) electrons. The van der Waals surface area contributed by atoms with Crippen molar-refractivity contribution >= 4 is 17.8 Å². The number of rotatable bonds is 11. The van der Waals surface area contributed by atoms with Gasteiger partial charge in [-0.2, -0.15) is 0 Å². The average Bonchev–Trinajstić information content (AvgIpc) is 3.52. The zero-order chi connectivity index (χ0) is 29.4. The van der Waals surface area contributed by atoms with E-state index in [9.17, 15) is 18.8 Å². The number of carbonyl (C=O) groups excluding carboxylic acids is 3. The van der Waals surface area contributed by atoms with Crippen LogP contribution in [-0.4, -0.2) is 47.9 Å². The zero-order valence-corrected chi connectivity index (χ0v) is 22.6. The molecule has 1 N–H and O–H groups in total. The Hall–Kier alpha value is -4.86. The van der Waals surface area contributed by atoms with Crippen LogP contribution < -0.4 is 5.32 Å². The maximum Gasteiger partial charge on any atom is 0.317 e. The molecule has 0 aliphatic heterocycles. The van der Waals surface area contributed by atoms with Crippen molar-refractivity contribution in [2.45, 2.75) is 24.8 Å². The normalized spacial score (nSPS) is 13.1. The van der Waals surface area contributed by atoms with Gasteiger partial charge in [-0.3, -0.25) is 19.4 Å². The molecule has 2 heterocycles. The highest BCUT2D eigenvalue weighted by atomic mass is 19.1. The molecule has 41 heavy (non-hydrogen) atoms. The van der Waals surface area contributed by atoms with Crippen LogP contribution in [0.4, 0.5) is 8.78 Å². The lowest BCUT2D eigenvalue weighted by atomic mass is 9.80. The van der Waals surface area contributed by atoms with Gasteiger partial charge in [0.05, 0.1) is 13.4 Å². The maximum absolute atomic E-state index is 15.1. The molecular weight excluding hydrogens is 532 g/mol. The Balaban J connectivity index is 1.76. The summed E-state index contributed by atoms with van der Waals surface area (Å²) < 4.78 is 39.2. The predicted molar refractivity (Wildman–Crippen MR) is 146 cm³/mol. The topological polar surface area (TPSA) is 102 Å². The van der Waals surface area contributed by atoms with E-state index < -0.39 is 47.4 Å². The average molecular weight is 562 g/mol. The van der Waals surface area contributed by atoms with Gasteiger partial charge in [0, 0.05) is 36.6 Å². The third-order valence-corrected chi connectivity index (χ3v) is 6.75. The van der Waals surface area contributed by atoms with E-state index in [1.165, 1.54) is 68.0 Å². The van der Waals surface area contributed by atoms with Crippen LogP contribution in [0.3, 0.4) is 0 Å². The second kappa shape index (κ2) is 13.0. The van der Waals surface area contributed by atoms with Crippen molar-refractivity contribution in [2.75, 3.05) is 20.2 Å². The van der Waals surface area contributed by atoms with Crippen molar-refractivity contribution < 1.29 is 32.3 Å². The Kier molecular flexibility index (Phi) is 9.23. The summed E-state index contributed by atoms with van der Waals surface area (Å²) in [6, 6.07) is 16.5. The Morgan fingerprint density at radius 1 is 1.05 bits per heavy atom. The third kappa shape index (κ3) is 6.66. The number of nitrogens with zero attached hydrogens (tertiary/aromatic N) is 2. The van der Waals surface area contributed by atoms with Gasteiger partial charge < -0.3 is 19.4 Å². The number of nitrogens with one attached hydrogen (secondary N) is 1. The quantitative estimate of drug-likeness (QED) is 0.268. The molecule has 2 amide bonds. The Morgan fingerprint density at radius 3 is 2.51 bits per heavy atom. The molecule has 0 fully saturated rings. The minimum absolute atomic E-state index is 0.0134. The molecule has 0 aliphatic carbocycles. The monoisotopic (exact) mass is 561 g/mol. The number of halogens is 2. The van der Waals surface area contributed by atoms with E-state index in [1.807, 2.05) is 0 Å². The first-order valence-corrected chi connectivity index (χ1v) is 12.8. The Morgan fingerprint density at radius 2 is 1.85 bits per heavy atom. The van der Waals surface area contributed by atoms with E-state index in [4.69, 9.17) is 9.15 Å². The molecule has 0 saturated carbocycles. The van der Waals surface area contributed by atoms with E-state index in [2.05, 4.69) is 10.3 Å². The zero-order valence-electron chi connectivity index (χ0n) is 22.6. The van der Waals surface area contributed by atoms with Crippen LogP contribution in [0.25, 0.3) is 0 Å². The number of esters is 1. The number of methoxy groups -OCH3 is 1. The molecule has 0 saturated heterocycles. The minimum Gasteiger partial charge on any atom is -0.468 e. The summed E-state index contributed by atoms with van der Waals surface area (Å²) in [5.41, 5.74) is -0.716. The van der Waals surface area contributed by atoms with Crippen molar-refractivity contribution in [3.05, 3.63) is 126 Å². The van der Waals surface area contributed by atoms with Gasteiger partial charge in [-0.05, 0) is 55.3 Å². The van der Waals surface area contributed by atoms with E-state index in [1.54, 1.807) is 30.3 Å². The fourth-order valence-corrected chi connectivity index (χ4v) is 4.69. The number of hydrogen-bond acceptors (Lipinski definition) is 6. The standard InChI is InChI=1S/C31H29F2N3O5/c1-31(30(39)40-2,24-11-3-4-12-25(24)33)20-36(29(38)26-13-7-17-41-26)27(22-9-6-15-34-19-22)28(37)35-16-14-21-8-5-10-23(32)18-21/h3-13,15,17-19,27H,14,16,20H2,1-2H3,(H,35,37). The van der Waals surface area contributed by atoms with Crippen LogP contribution in [-0.2, 0) is 26.2 Å². The van der Waals surface area contributed by atoms with Gasteiger partial charge in [0.2, 0.25) is 5.91 Å². The summed E-state index contributed by atoms with van der Waals surface area (Å²) >= 11 is 0. The lowest BCUT2D eigenvalue weighted by Crippen LogP contribution is -2.52. The smallest absolute Gasteiger partial charge is 0.317 e. The number of pyridine rings is 1. The summed E-state index contributed by atoms with van der Waals surface area (Å²) in [4.78, 5) is 46.2. The second-order valence-corrected chi connectivity index (χ2v) is 9.57. The first kappa shape index (κ1) is 29.1. The molecule has 4 rings (SSSR count). The van der Waals surface area contributed by atoms with Crippen LogP contribution in [0.1, 0.15) is 40.2 Å². The van der Waals surface area contributed by atoms with Crippen LogP contribution in [0.2, 0.25) is 0 Å². The SMILES string of the molecule is COC(=O)C(C)(CN(C(=O)c1ccco1)C(C(=O)NCCc1cccc(F)c1)c1cccnc1)c1ccccc1F. The lowest BCUT2D eigenvalue weighted by molar-refractivity contribution is -0.148. The molecule has 2 aromatic carbocycles. The summed E-state index contributed by atoms with van der Waals surface area (Å²) in [6.07, 6.45) is 4.57. The van der Waals surface area contributed by atoms with Gasteiger partial charge in [-0.1, -0.05) is 36.4 Å². The third-order valence-electron chi connectivity index (χ3n) is 6.75. The van der Waals surface area contributed by atoms with Crippen molar-refractivity contribution in [1.29, 1.82) is 0 Å². The fraction of sp³-hybridized carbons (Fsp3) is 0.226. The molecule has 4 aromatic rings. The molecule has 0 spiro atoms. The Labute approximate surface area is 236 Å². The van der Waals surface area contributed by atoms with E-state index in [0.29, 0.717) is 17.5 Å². The van der Waals surface area contributed by atoms with E-state index in [-0.39, 0.29) is 17.9 Å². The van der Waals surface area contributed by atoms with Crippen molar-refractivity contribution in [2.24, 2.45) is 0 Å². The molecule has 0 bridgehead atoms. The van der Waals surface area contributed by atoms with E-state index in [0.717, 1.165) is 12.0 Å². The van der Waals surface area contributed by atoms with Crippen molar-refractivity contribution in [3.8, 4) is 0 Å². The van der Waals surface area contributed by atoms with Crippen LogP contribution in [0.5, 0.6) is 0 Å². The van der Waals surface area contributed by atoms with Gasteiger partial charge in [0.15, 0.2) is 5.76 Å². The van der Waals surface area contributed by atoms with Gasteiger partial charge in [-0.25, -0.2) is 8.78 Å². The van der Waals surface area contributed by atoms with Gasteiger partial charge >= 0.3 is 5.97 Å². The van der Waals surface area contributed by atoms with Crippen molar-refractivity contribution in [3.63, 3.8) is 0 Å². The first-order valence-electron chi connectivity index (χ1n) is 12.8. The fourth-order valence-electron chi connectivity index (χ4n) is 4.69. The Bertz CT molecular complexity index is 1500. The highest BCUT2D eigenvalue weighted by molar-refractivity contribution is 5.97. The number of benzene rings is 2. The first-order chi connectivity index (χ1) is 19.7. The number of furan rings is 1. The molecule has 2 atom stereocenters. The number of amides is 2. The largest absolute Gasteiger partial charge is 0.468 e. The summed E-state index contributed by atoms with van der Waals surface area (Å²) in [6.45, 7) is 1.13. The van der Waals surface area contributed by atoms with Crippen molar-refractivity contribution in [1.82, 2.24) is 15.2 Å². The van der Waals surface area contributed by atoms with Crippen LogP contribution in [0.15, 0.2) is 95.9 Å². The molecule has 8 nitrogen and oxygen atoms in total. The van der Waals surface area contributed by atoms with Crippen LogP contribution >= 0.6 is 0 Å². The highest BCUT2D eigenvalue weighted by Gasteiger charge is 2.45. The maximum atomic E-state index is 15.1. The molecule has 212 valence electrons. The summed E-state index contributed by atoms with van der Waals surface area (Å²) in [5.74, 6) is -3.27. The van der Waals surface area contributed by atoms with Gasteiger partial charge in [-0.15, -0.1) is 0 Å². The minimum atomic E-state index is -1.72. The molecule has 2 aromatic heterocycles. The number of hydrogen-bond donors (Lipinski definition) is 1. The second-order valence-electron chi connectivity index (χ2n) is 9.57. The van der Waals surface area contributed by atoms with E-state index >= 15 is 4.39 Å². The molecule has 2 unspecified atom stereocenters. The molecule has 10 heteroatoms. The predicted octanol–water partition coefficient (Wildman–Crippen LogP) is 4.63. The van der Waals surface area contributed by atoms with Gasteiger partial charge in [0.1, 0.15) is 23.1 Å². The van der Waals surface area contributed by atoms with Gasteiger partial charge in [0.25, 0.3) is 5.91 Å². The molecule has 0 aliphatic rings. The molecular formula is C31H29F2N3O5. The summed E-state index contributed by atoms with van der Waals surface area (Å²) in [5, 5.41) is 2.81. The highest BCUT2D eigenvalue weighted by Crippen LogP contribution is 2.33. The number of ether oxygens (including phenoxy) is 1. The summed E-state index contributed by atoms with van der Waals surface area (Å²) in [7, 11) is 1.16. The number of aromatic nitrogens is 1. The van der Waals surface area contributed by atoms with Crippen LogP contribution in [0, 0.1) is 11.6 Å². The number of carbonyl (C=O) groups is 3. The lowest BCUT2D eigenvalue weighted by Gasteiger charge is -2.37.